The number of piperidine rings is 1. The van der Waals surface area contributed by atoms with E-state index in [0.717, 1.165) is 50.8 Å². The zero-order valence-electron chi connectivity index (χ0n) is 12.7. The number of carbonyl (C=O) groups is 1. The quantitative estimate of drug-likeness (QED) is 0.927. The van der Waals surface area contributed by atoms with E-state index in [-0.39, 0.29) is 11.3 Å². The fourth-order valence-electron chi connectivity index (χ4n) is 4.01. The molecule has 114 valence electrons. The molecule has 3 rings (SSSR count). The summed E-state index contributed by atoms with van der Waals surface area (Å²) in [5.41, 5.74) is 0.565. The largest absolute Gasteiger partial charge is 0.389 e. The molecule has 0 aromatic carbocycles. The van der Waals surface area contributed by atoms with Crippen LogP contribution >= 0.6 is 0 Å². The van der Waals surface area contributed by atoms with Gasteiger partial charge in [0.25, 0.3) is 0 Å². The highest BCUT2D eigenvalue weighted by Crippen LogP contribution is 2.57. The Morgan fingerprint density at radius 1 is 1.33 bits per heavy atom. The number of pyridine rings is 1. The lowest BCUT2D eigenvalue weighted by Gasteiger charge is -2.59. The zero-order valence-corrected chi connectivity index (χ0v) is 12.7. The molecular weight excluding hydrogens is 264 g/mol. The van der Waals surface area contributed by atoms with Crippen LogP contribution in [0.2, 0.25) is 0 Å². The van der Waals surface area contributed by atoms with Gasteiger partial charge >= 0.3 is 0 Å². The minimum absolute atomic E-state index is 0.0762. The number of hydrogen-bond acceptors (Lipinski definition) is 3. The predicted octanol–water partition coefficient (Wildman–Crippen LogP) is 2.17. The van der Waals surface area contributed by atoms with E-state index < -0.39 is 5.60 Å². The van der Waals surface area contributed by atoms with Gasteiger partial charge in [0.1, 0.15) is 0 Å². The van der Waals surface area contributed by atoms with Crippen molar-refractivity contribution in [2.75, 3.05) is 13.1 Å². The average Bonchev–Trinajstić information content (AvgIpc) is 2.54. The van der Waals surface area contributed by atoms with Crippen LogP contribution in [0.3, 0.4) is 0 Å². The maximum absolute atomic E-state index is 12.4. The van der Waals surface area contributed by atoms with Crippen molar-refractivity contribution >= 4 is 5.91 Å². The second-order valence-corrected chi connectivity index (χ2v) is 6.58. The molecule has 1 saturated heterocycles. The molecule has 1 aromatic rings. The molecule has 1 amide bonds. The lowest BCUT2D eigenvalue weighted by molar-refractivity contribution is -0.192. The number of likely N-dealkylation sites (tertiary alicyclic amines) is 1. The third-order valence-corrected chi connectivity index (χ3v) is 5.74. The zero-order chi connectivity index (χ0) is 14.9. The molecule has 1 aromatic heterocycles. The minimum atomic E-state index is -0.481. The van der Waals surface area contributed by atoms with Gasteiger partial charge in [-0.3, -0.25) is 9.78 Å². The smallest absolute Gasteiger partial charge is 0.227 e. The Labute approximate surface area is 126 Å². The van der Waals surface area contributed by atoms with Crippen molar-refractivity contribution in [1.29, 1.82) is 0 Å². The average molecular weight is 288 g/mol. The van der Waals surface area contributed by atoms with E-state index in [1.54, 1.807) is 12.4 Å². The SMILES string of the molecule is CCC1(O)CCC12CCN(C(=O)Cc1cccnc1)CC2. The van der Waals surface area contributed by atoms with Crippen LogP contribution in [0.25, 0.3) is 0 Å². The van der Waals surface area contributed by atoms with Gasteiger partial charge in [0, 0.05) is 30.9 Å². The van der Waals surface area contributed by atoms with Crippen LogP contribution in [0.5, 0.6) is 0 Å². The monoisotopic (exact) mass is 288 g/mol. The van der Waals surface area contributed by atoms with E-state index in [4.69, 9.17) is 0 Å². The predicted molar refractivity (Wildman–Crippen MR) is 80.7 cm³/mol. The van der Waals surface area contributed by atoms with E-state index in [1.165, 1.54) is 0 Å². The van der Waals surface area contributed by atoms with E-state index in [2.05, 4.69) is 11.9 Å². The summed E-state index contributed by atoms with van der Waals surface area (Å²) in [6.07, 6.45) is 8.66. The molecule has 1 spiro atoms. The number of aromatic nitrogens is 1. The molecule has 21 heavy (non-hydrogen) atoms. The summed E-state index contributed by atoms with van der Waals surface area (Å²) >= 11 is 0. The van der Waals surface area contributed by atoms with E-state index in [9.17, 15) is 9.90 Å². The number of amides is 1. The first-order valence-corrected chi connectivity index (χ1v) is 7.98. The van der Waals surface area contributed by atoms with Gasteiger partial charge in [-0.15, -0.1) is 0 Å². The number of carbonyl (C=O) groups excluding carboxylic acids is 1. The first-order chi connectivity index (χ1) is 10.1. The lowest BCUT2D eigenvalue weighted by atomic mass is 9.51. The van der Waals surface area contributed by atoms with Gasteiger partial charge in [0.15, 0.2) is 0 Å². The van der Waals surface area contributed by atoms with Crippen molar-refractivity contribution in [3.8, 4) is 0 Å². The number of hydrogen-bond donors (Lipinski definition) is 1. The van der Waals surface area contributed by atoms with E-state index in [0.29, 0.717) is 6.42 Å². The van der Waals surface area contributed by atoms with Crippen LogP contribution < -0.4 is 0 Å². The molecule has 4 heteroatoms. The molecule has 1 aliphatic carbocycles. The van der Waals surface area contributed by atoms with Crippen LogP contribution in [0.4, 0.5) is 0 Å². The number of aliphatic hydroxyl groups is 1. The molecule has 1 atom stereocenters. The minimum Gasteiger partial charge on any atom is -0.389 e. The lowest BCUT2D eigenvalue weighted by Crippen LogP contribution is -2.61. The topological polar surface area (TPSA) is 53.4 Å². The van der Waals surface area contributed by atoms with Gasteiger partial charge < -0.3 is 10.0 Å². The van der Waals surface area contributed by atoms with Crippen molar-refractivity contribution in [3.05, 3.63) is 30.1 Å². The molecule has 4 nitrogen and oxygen atoms in total. The molecule has 1 N–H and O–H groups in total. The molecule has 0 bridgehead atoms. The highest BCUT2D eigenvalue weighted by Gasteiger charge is 2.57. The molecule has 0 radical (unpaired) electrons. The van der Waals surface area contributed by atoms with Crippen molar-refractivity contribution in [2.45, 2.75) is 51.0 Å². The van der Waals surface area contributed by atoms with E-state index in [1.807, 2.05) is 17.0 Å². The second-order valence-electron chi connectivity index (χ2n) is 6.58. The van der Waals surface area contributed by atoms with Crippen molar-refractivity contribution in [2.24, 2.45) is 5.41 Å². The first kappa shape index (κ1) is 14.5. The van der Waals surface area contributed by atoms with Crippen LogP contribution in [0.1, 0.15) is 44.6 Å². The second kappa shape index (κ2) is 5.41. The fourth-order valence-corrected chi connectivity index (χ4v) is 4.01. The molecular formula is C17H24N2O2. The van der Waals surface area contributed by atoms with Gasteiger partial charge in [-0.2, -0.15) is 0 Å². The van der Waals surface area contributed by atoms with Gasteiger partial charge in [0.05, 0.1) is 12.0 Å². The highest BCUT2D eigenvalue weighted by molar-refractivity contribution is 5.78. The summed E-state index contributed by atoms with van der Waals surface area (Å²) in [4.78, 5) is 18.4. The Balaban J connectivity index is 1.58. The van der Waals surface area contributed by atoms with Crippen LogP contribution in [-0.4, -0.2) is 39.6 Å². The summed E-state index contributed by atoms with van der Waals surface area (Å²) in [6, 6.07) is 3.81. The first-order valence-electron chi connectivity index (χ1n) is 7.98. The Morgan fingerprint density at radius 2 is 2.10 bits per heavy atom. The Morgan fingerprint density at radius 3 is 2.62 bits per heavy atom. The van der Waals surface area contributed by atoms with Crippen LogP contribution in [-0.2, 0) is 11.2 Å². The molecule has 1 unspecified atom stereocenters. The Kier molecular flexibility index (Phi) is 3.74. The van der Waals surface area contributed by atoms with Crippen LogP contribution in [0, 0.1) is 5.41 Å². The molecule has 1 saturated carbocycles. The maximum atomic E-state index is 12.4. The third kappa shape index (κ3) is 2.46. The molecule has 2 heterocycles. The normalized spacial score (nSPS) is 27.4. The maximum Gasteiger partial charge on any atom is 0.227 e. The molecule has 1 aliphatic heterocycles. The van der Waals surface area contributed by atoms with Gasteiger partial charge in [-0.05, 0) is 43.7 Å². The summed E-state index contributed by atoms with van der Waals surface area (Å²) in [5.74, 6) is 0.178. The number of rotatable bonds is 3. The number of nitrogens with zero attached hydrogens (tertiary/aromatic N) is 2. The Bertz CT molecular complexity index is 505. The summed E-state index contributed by atoms with van der Waals surface area (Å²) in [7, 11) is 0. The molecule has 2 fully saturated rings. The summed E-state index contributed by atoms with van der Waals surface area (Å²) in [6.45, 7) is 3.63. The van der Waals surface area contributed by atoms with Gasteiger partial charge in [-0.1, -0.05) is 13.0 Å². The van der Waals surface area contributed by atoms with Crippen LogP contribution in [0.15, 0.2) is 24.5 Å². The Hall–Kier alpha value is -1.42. The summed E-state index contributed by atoms with van der Waals surface area (Å²) < 4.78 is 0. The summed E-state index contributed by atoms with van der Waals surface area (Å²) in [5, 5.41) is 10.6. The third-order valence-electron chi connectivity index (χ3n) is 5.74. The highest BCUT2D eigenvalue weighted by atomic mass is 16.3. The van der Waals surface area contributed by atoms with Crippen molar-refractivity contribution in [3.63, 3.8) is 0 Å². The van der Waals surface area contributed by atoms with Crippen molar-refractivity contribution < 1.29 is 9.90 Å². The van der Waals surface area contributed by atoms with Gasteiger partial charge in [0.2, 0.25) is 5.91 Å². The standard InChI is InChI=1S/C17H24N2O2/c1-2-17(21)6-5-16(17)7-10-19(11-8-16)15(20)12-14-4-3-9-18-13-14/h3-4,9,13,21H,2,5-8,10-12H2,1H3. The van der Waals surface area contributed by atoms with Gasteiger partial charge in [-0.25, -0.2) is 0 Å². The molecule has 2 aliphatic rings. The van der Waals surface area contributed by atoms with Crippen molar-refractivity contribution in [1.82, 2.24) is 9.88 Å². The fraction of sp³-hybridized carbons (Fsp3) is 0.647. The van der Waals surface area contributed by atoms with E-state index >= 15 is 0 Å².